The van der Waals surface area contributed by atoms with E-state index in [1.54, 1.807) is 18.5 Å². The standard InChI is InChI=1S/C27H28N6O4/c1-33-24-6-5-18(9-19(24)12-31-33)23-16-29-21(14-30-23)11-27(7-3-2-4-8-27)26(36)32-20-10-22(15-28-13-20)37-17-25(34)35/h5-6,9-10,12-16H,2-4,7-8,11,17H2,1H3,(H,32,36)(H,34,35). The van der Waals surface area contributed by atoms with E-state index in [9.17, 15) is 9.59 Å². The summed E-state index contributed by atoms with van der Waals surface area (Å²) in [5.74, 6) is -0.901. The van der Waals surface area contributed by atoms with Crippen molar-refractivity contribution in [1.29, 1.82) is 0 Å². The van der Waals surface area contributed by atoms with Crippen LogP contribution in [0.4, 0.5) is 5.69 Å². The number of rotatable bonds is 8. The fraction of sp³-hybridized carbons (Fsp3) is 0.333. The molecule has 190 valence electrons. The van der Waals surface area contributed by atoms with Crippen LogP contribution in [-0.4, -0.2) is 48.3 Å². The largest absolute Gasteiger partial charge is 0.480 e. The number of carbonyl (C=O) groups excluding carboxylic acids is 1. The number of hydrogen-bond acceptors (Lipinski definition) is 7. The lowest BCUT2D eigenvalue weighted by Gasteiger charge is -2.35. The minimum atomic E-state index is -1.08. The molecule has 0 spiro atoms. The molecule has 1 aromatic carbocycles. The van der Waals surface area contributed by atoms with Gasteiger partial charge < -0.3 is 15.2 Å². The van der Waals surface area contributed by atoms with Gasteiger partial charge in [0.05, 0.1) is 52.8 Å². The number of carbonyl (C=O) groups is 2. The van der Waals surface area contributed by atoms with E-state index in [0.29, 0.717) is 12.1 Å². The number of aryl methyl sites for hydroxylation is 1. The second kappa shape index (κ2) is 10.3. The topological polar surface area (TPSA) is 132 Å². The number of aromatic nitrogens is 5. The Hall–Kier alpha value is -4.34. The number of nitrogens with zero attached hydrogens (tertiary/aromatic N) is 5. The van der Waals surface area contributed by atoms with Crippen LogP contribution < -0.4 is 10.1 Å². The lowest BCUT2D eigenvalue weighted by atomic mass is 9.70. The first-order valence-electron chi connectivity index (χ1n) is 12.3. The number of carboxylic acid groups (broad SMARTS) is 1. The van der Waals surface area contributed by atoms with Gasteiger partial charge in [-0.3, -0.25) is 24.4 Å². The molecule has 0 unspecified atom stereocenters. The Bertz CT molecular complexity index is 1430. The van der Waals surface area contributed by atoms with Crippen LogP contribution >= 0.6 is 0 Å². The van der Waals surface area contributed by atoms with Gasteiger partial charge in [0, 0.05) is 36.7 Å². The molecule has 10 heteroatoms. The zero-order chi connectivity index (χ0) is 25.8. The van der Waals surface area contributed by atoms with Gasteiger partial charge in [-0.15, -0.1) is 0 Å². The van der Waals surface area contributed by atoms with Gasteiger partial charge in [0.15, 0.2) is 6.61 Å². The third kappa shape index (κ3) is 5.42. The van der Waals surface area contributed by atoms with E-state index in [4.69, 9.17) is 9.84 Å². The molecule has 1 amide bonds. The van der Waals surface area contributed by atoms with Gasteiger partial charge in [-0.25, -0.2) is 4.79 Å². The van der Waals surface area contributed by atoms with Crippen LogP contribution in [0.5, 0.6) is 5.75 Å². The van der Waals surface area contributed by atoms with Crippen LogP contribution in [0.3, 0.4) is 0 Å². The highest BCUT2D eigenvalue weighted by Crippen LogP contribution is 2.40. The molecule has 3 heterocycles. The third-order valence-electron chi connectivity index (χ3n) is 6.89. The van der Waals surface area contributed by atoms with E-state index in [-0.39, 0.29) is 11.7 Å². The Balaban J connectivity index is 1.32. The monoisotopic (exact) mass is 500 g/mol. The van der Waals surface area contributed by atoms with Gasteiger partial charge in [0.2, 0.25) is 5.91 Å². The highest BCUT2D eigenvalue weighted by Gasteiger charge is 2.40. The molecule has 10 nitrogen and oxygen atoms in total. The van der Waals surface area contributed by atoms with E-state index in [1.165, 1.54) is 12.4 Å². The Labute approximate surface area is 213 Å². The highest BCUT2D eigenvalue weighted by molar-refractivity contribution is 5.95. The average Bonchev–Trinajstić information content (AvgIpc) is 3.28. The van der Waals surface area contributed by atoms with Crippen LogP contribution in [-0.2, 0) is 23.1 Å². The maximum absolute atomic E-state index is 13.6. The predicted octanol–water partition coefficient (Wildman–Crippen LogP) is 4.02. The van der Waals surface area contributed by atoms with E-state index in [1.807, 2.05) is 36.1 Å². The molecular formula is C27H28N6O4. The molecule has 1 saturated carbocycles. The smallest absolute Gasteiger partial charge is 0.341 e. The van der Waals surface area contributed by atoms with Gasteiger partial charge >= 0.3 is 5.97 Å². The molecule has 3 aromatic heterocycles. The fourth-order valence-corrected chi connectivity index (χ4v) is 4.95. The predicted molar refractivity (Wildman–Crippen MR) is 137 cm³/mol. The van der Waals surface area contributed by atoms with Crippen LogP contribution in [0.1, 0.15) is 37.8 Å². The van der Waals surface area contributed by atoms with Crippen molar-refractivity contribution in [2.75, 3.05) is 11.9 Å². The minimum Gasteiger partial charge on any atom is -0.480 e. The SMILES string of the molecule is Cn1ncc2cc(-c3cnc(CC4(C(=O)Nc5cncc(OCC(=O)O)c5)CCCCC4)cn3)ccc21. The van der Waals surface area contributed by atoms with Crippen molar-refractivity contribution < 1.29 is 19.4 Å². The molecule has 1 fully saturated rings. The molecule has 0 saturated heterocycles. The third-order valence-corrected chi connectivity index (χ3v) is 6.89. The van der Waals surface area contributed by atoms with Crippen LogP contribution in [0, 0.1) is 5.41 Å². The van der Waals surface area contributed by atoms with Crippen molar-refractivity contribution in [3.05, 3.63) is 60.9 Å². The van der Waals surface area contributed by atoms with E-state index in [0.717, 1.165) is 60.0 Å². The number of aliphatic carboxylic acids is 1. The summed E-state index contributed by atoms with van der Waals surface area (Å²) in [6, 6.07) is 7.65. The van der Waals surface area contributed by atoms with Crippen LogP contribution in [0.15, 0.2) is 55.2 Å². The first-order chi connectivity index (χ1) is 17.9. The van der Waals surface area contributed by atoms with E-state index >= 15 is 0 Å². The molecule has 4 aromatic rings. The van der Waals surface area contributed by atoms with Crippen molar-refractivity contribution in [1.82, 2.24) is 24.7 Å². The second-order valence-electron chi connectivity index (χ2n) is 9.50. The van der Waals surface area contributed by atoms with Crippen molar-refractivity contribution in [3.63, 3.8) is 0 Å². The molecule has 0 aliphatic heterocycles. The molecule has 0 bridgehead atoms. The summed E-state index contributed by atoms with van der Waals surface area (Å²) in [6.45, 7) is -0.478. The maximum atomic E-state index is 13.6. The normalized spacial score (nSPS) is 14.8. The number of amides is 1. The highest BCUT2D eigenvalue weighted by atomic mass is 16.5. The van der Waals surface area contributed by atoms with E-state index < -0.39 is 18.0 Å². The maximum Gasteiger partial charge on any atom is 0.341 e. The number of ether oxygens (including phenoxy) is 1. The first kappa shape index (κ1) is 24.4. The van der Waals surface area contributed by atoms with Crippen molar-refractivity contribution in [3.8, 4) is 17.0 Å². The Morgan fingerprint density at radius 1 is 1.05 bits per heavy atom. The molecule has 2 N–H and O–H groups in total. The summed E-state index contributed by atoms with van der Waals surface area (Å²) in [4.78, 5) is 37.7. The van der Waals surface area contributed by atoms with Crippen LogP contribution in [0.25, 0.3) is 22.2 Å². The second-order valence-corrected chi connectivity index (χ2v) is 9.50. The lowest BCUT2D eigenvalue weighted by molar-refractivity contribution is -0.139. The van der Waals surface area contributed by atoms with Gasteiger partial charge in [-0.1, -0.05) is 25.3 Å². The summed E-state index contributed by atoms with van der Waals surface area (Å²) in [6.07, 6.45) is 13.3. The van der Waals surface area contributed by atoms with Crippen molar-refractivity contribution >= 4 is 28.5 Å². The molecule has 5 rings (SSSR count). The van der Waals surface area contributed by atoms with Gasteiger partial charge in [-0.05, 0) is 25.0 Å². The van der Waals surface area contributed by atoms with Gasteiger partial charge in [0.25, 0.3) is 0 Å². The summed E-state index contributed by atoms with van der Waals surface area (Å²) < 4.78 is 7.02. The van der Waals surface area contributed by atoms with E-state index in [2.05, 4.69) is 25.4 Å². The van der Waals surface area contributed by atoms with Crippen LogP contribution in [0.2, 0.25) is 0 Å². The number of nitrogens with one attached hydrogen (secondary N) is 1. The lowest BCUT2D eigenvalue weighted by Crippen LogP contribution is -2.40. The average molecular weight is 501 g/mol. The molecule has 1 aliphatic rings. The Kier molecular flexibility index (Phi) is 6.80. The molecule has 0 radical (unpaired) electrons. The molecular weight excluding hydrogens is 472 g/mol. The fourth-order valence-electron chi connectivity index (χ4n) is 4.95. The minimum absolute atomic E-state index is 0.0997. The summed E-state index contributed by atoms with van der Waals surface area (Å²) in [5.41, 5.74) is 3.39. The Morgan fingerprint density at radius 2 is 1.89 bits per heavy atom. The number of pyridine rings is 1. The molecule has 0 atom stereocenters. The van der Waals surface area contributed by atoms with Crippen molar-refractivity contribution in [2.45, 2.75) is 38.5 Å². The first-order valence-corrected chi connectivity index (χ1v) is 12.3. The number of anilines is 1. The summed E-state index contributed by atoms with van der Waals surface area (Å²) in [5, 5.41) is 17.1. The number of fused-ring (bicyclic) bond motifs is 1. The number of benzene rings is 1. The number of hydrogen-bond donors (Lipinski definition) is 2. The van der Waals surface area contributed by atoms with Crippen molar-refractivity contribution in [2.24, 2.45) is 12.5 Å². The van der Waals surface area contributed by atoms with Gasteiger partial charge in [-0.2, -0.15) is 5.10 Å². The Morgan fingerprint density at radius 3 is 2.65 bits per heavy atom. The zero-order valence-corrected chi connectivity index (χ0v) is 20.6. The summed E-state index contributed by atoms with van der Waals surface area (Å²) >= 11 is 0. The van der Waals surface area contributed by atoms with Gasteiger partial charge in [0.1, 0.15) is 5.75 Å². The quantitative estimate of drug-likeness (QED) is 0.371. The summed E-state index contributed by atoms with van der Waals surface area (Å²) in [7, 11) is 1.91. The molecule has 1 aliphatic carbocycles. The number of carboxylic acids is 1. The zero-order valence-electron chi connectivity index (χ0n) is 20.6. The molecule has 37 heavy (non-hydrogen) atoms.